The number of anilines is 2. The Balaban J connectivity index is 1.23. The molecule has 1 aliphatic heterocycles. The number of piperazine rings is 1. The number of aromatic amines is 1. The summed E-state index contributed by atoms with van der Waals surface area (Å²) in [6.45, 7) is 7.64. The lowest BCUT2D eigenvalue weighted by molar-refractivity contribution is -0.113. The molecule has 7 nitrogen and oxygen atoms in total. The van der Waals surface area contributed by atoms with E-state index in [0.29, 0.717) is 16.8 Å². The van der Waals surface area contributed by atoms with Crippen LogP contribution >= 0.6 is 11.8 Å². The molecular weight excluding hydrogens is 384 g/mol. The number of likely N-dealkylation sites (N-methyl/N-ethyl adjacent to an activating group) is 1. The second-order valence-corrected chi connectivity index (χ2v) is 8.73. The Morgan fingerprint density at radius 3 is 2.59 bits per heavy atom. The van der Waals surface area contributed by atoms with Gasteiger partial charge in [-0.3, -0.25) is 9.89 Å². The van der Waals surface area contributed by atoms with Crippen LogP contribution in [0.1, 0.15) is 44.3 Å². The highest BCUT2D eigenvalue weighted by Crippen LogP contribution is 2.32. The number of carbonyl (C=O) groups excluding carboxylic acids is 1. The molecule has 0 radical (unpaired) electrons. The first-order valence-electron chi connectivity index (χ1n) is 10.6. The summed E-state index contributed by atoms with van der Waals surface area (Å²) in [5.74, 6) is 1.75. The van der Waals surface area contributed by atoms with Gasteiger partial charge in [-0.1, -0.05) is 31.5 Å². The normalized spacial score (nSPS) is 18.3. The molecule has 156 valence electrons. The van der Waals surface area contributed by atoms with Crippen molar-refractivity contribution in [2.75, 3.05) is 48.7 Å². The van der Waals surface area contributed by atoms with Crippen LogP contribution in [0.4, 0.5) is 11.4 Å². The van der Waals surface area contributed by atoms with Gasteiger partial charge < -0.3 is 15.1 Å². The van der Waals surface area contributed by atoms with Crippen molar-refractivity contribution in [2.45, 2.75) is 43.7 Å². The van der Waals surface area contributed by atoms with E-state index in [1.165, 1.54) is 43.1 Å². The average molecular weight is 415 g/mol. The molecule has 1 saturated heterocycles. The topological polar surface area (TPSA) is 77.1 Å². The molecule has 2 fully saturated rings. The zero-order chi connectivity index (χ0) is 20.1. The first-order chi connectivity index (χ1) is 14.2. The fraction of sp³-hybridized carbons (Fsp3) is 0.571. The van der Waals surface area contributed by atoms with E-state index in [4.69, 9.17) is 0 Å². The Hall–Kier alpha value is -2.06. The molecular formula is C21H30N6OS. The van der Waals surface area contributed by atoms with Crippen molar-refractivity contribution in [1.82, 2.24) is 20.1 Å². The molecule has 0 spiro atoms. The number of carbonyl (C=O) groups is 1. The fourth-order valence-electron chi connectivity index (χ4n) is 4.11. The van der Waals surface area contributed by atoms with Gasteiger partial charge in [0.15, 0.2) is 0 Å². The van der Waals surface area contributed by atoms with E-state index >= 15 is 0 Å². The minimum atomic E-state index is -0.0356. The summed E-state index contributed by atoms with van der Waals surface area (Å²) < 4.78 is 0. The molecule has 2 N–H and O–H groups in total. The van der Waals surface area contributed by atoms with Gasteiger partial charge in [0, 0.05) is 43.5 Å². The molecule has 2 heterocycles. The van der Waals surface area contributed by atoms with Crippen LogP contribution in [0, 0.1) is 0 Å². The number of aromatic nitrogens is 3. The number of amides is 1. The van der Waals surface area contributed by atoms with Gasteiger partial charge in [0.05, 0.1) is 5.75 Å². The summed E-state index contributed by atoms with van der Waals surface area (Å²) in [6, 6.07) is 8.14. The van der Waals surface area contributed by atoms with Gasteiger partial charge in [0.2, 0.25) is 11.1 Å². The maximum absolute atomic E-state index is 12.3. The zero-order valence-electron chi connectivity index (χ0n) is 17.1. The van der Waals surface area contributed by atoms with Crippen LogP contribution in [-0.2, 0) is 4.79 Å². The summed E-state index contributed by atoms with van der Waals surface area (Å²) in [6.07, 6.45) is 4.90. The van der Waals surface area contributed by atoms with Gasteiger partial charge in [-0.25, -0.2) is 4.98 Å². The molecule has 8 heteroatoms. The lowest BCUT2D eigenvalue weighted by Gasteiger charge is -2.35. The summed E-state index contributed by atoms with van der Waals surface area (Å²) in [4.78, 5) is 21.7. The second-order valence-electron chi connectivity index (χ2n) is 7.79. The van der Waals surface area contributed by atoms with Crippen LogP contribution < -0.4 is 10.2 Å². The Labute approximate surface area is 176 Å². The van der Waals surface area contributed by atoms with E-state index in [2.05, 4.69) is 49.4 Å². The summed E-state index contributed by atoms with van der Waals surface area (Å²) in [7, 11) is 0. The first-order valence-corrected chi connectivity index (χ1v) is 11.6. The fourth-order valence-corrected chi connectivity index (χ4v) is 4.72. The van der Waals surface area contributed by atoms with Crippen LogP contribution in [0.3, 0.4) is 0 Å². The minimum absolute atomic E-state index is 0.0356. The molecule has 1 amide bonds. The maximum Gasteiger partial charge on any atom is 0.234 e. The Kier molecular flexibility index (Phi) is 6.71. The molecule has 1 saturated carbocycles. The predicted octanol–water partition coefficient (Wildman–Crippen LogP) is 3.34. The highest BCUT2D eigenvalue weighted by atomic mass is 32.2. The molecule has 1 aromatic heterocycles. The predicted molar refractivity (Wildman–Crippen MR) is 118 cm³/mol. The SMILES string of the molecule is CCN1CCN(c2ccc(NC(=O)CSc3n[nH]c(C4CCCC4)n3)cc2)CC1. The van der Waals surface area contributed by atoms with E-state index in [-0.39, 0.29) is 5.91 Å². The van der Waals surface area contributed by atoms with E-state index < -0.39 is 0 Å². The van der Waals surface area contributed by atoms with Gasteiger partial charge in [-0.05, 0) is 43.7 Å². The van der Waals surface area contributed by atoms with Crippen molar-refractivity contribution < 1.29 is 4.79 Å². The van der Waals surface area contributed by atoms with Crippen molar-refractivity contribution in [2.24, 2.45) is 0 Å². The number of nitrogens with zero attached hydrogens (tertiary/aromatic N) is 4. The summed E-state index contributed by atoms with van der Waals surface area (Å²) >= 11 is 1.38. The highest BCUT2D eigenvalue weighted by Gasteiger charge is 2.21. The molecule has 4 rings (SSSR count). The van der Waals surface area contributed by atoms with E-state index in [9.17, 15) is 4.79 Å². The van der Waals surface area contributed by atoms with Crippen molar-refractivity contribution in [3.8, 4) is 0 Å². The van der Waals surface area contributed by atoms with Gasteiger partial charge in [-0.2, -0.15) is 0 Å². The number of nitrogens with one attached hydrogen (secondary N) is 2. The maximum atomic E-state index is 12.3. The van der Waals surface area contributed by atoms with E-state index in [1.807, 2.05) is 12.1 Å². The Morgan fingerprint density at radius 1 is 1.17 bits per heavy atom. The molecule has 1 aliphatic carbocycles. The van der Waals surface area contributed by atoms with Gasteiger partial charge >= 0.3 is 0 Å². The molecule has 2 aromatic rings. The average Bonchev–Trinajstić information content (AvgIpc) is 3.45. The number of rotatable bonds is 7. The number of benzene rings is 1. The third-order valence-electron chi connectivity index (χ3n) is 5.89. The monoisotopic (exact) mass is 414 g/mol. The Bertz CT molecular complexity index is 794. The largest absolute Gasteiger partial charge is 0.369 e. The van der Waals surface area contributed by atoms with Crippen LogP contribution in [0.5, 0.6) is 0 Å². The van der Waals surface area contributed by atoms with Gasteiger partial charge in [0.1, 0.15) is 5.82 Å². The van der Waals surface area contributed by atoms with Crippen LogP contribution in [0.15, 0.2) is 29.4 Å². The van der Waals surface area contributed by atoms with Crippen LogP contribution in [0.2, 0.25) is 0 Å². The summed E-state index contributed by atoms with van der Waals surface area (Å²) in [5, 5.41) is 10.9. The number of thioether (sulfide) groups is 1. The molecule has 1 aromatic carbocycles. The number of H-pyrrole nitrogens is 1. The molecule has 2 aliphatic rings. The van der Waals surface area contributed by atoms with E-state index in [1.54, 1.807) is 0 Å². The molecule has 0 bridgehead atoms. The van der Waals surface area contributed by atoms with E-state index in [0.717, 1.165) is 44.2 Å². The highest BCUT2D eigenvalue weighted by molar-refractivity contribution is 7.99. The van der Waals surface area contributed by atoms with Gasteiger partial charge in [-0.15, -0.1) is 5.10 Å². The second kappa shape index (κ2) is 9.63. The first kappa shape index (κ1) is 20.2. The van der Waals surface area contributed by atoms with Crippen molar-refractivity contribution in [3.05, 3.63) is 30.1 Å². The molecule has 0 unspecified atom stereocenters. The number of hydrogen-bond acceptors (Lipinski definition) is 6. The van der Waals surface area contributed by atoms with Gasteiger partial charge in [0.25, 0.3) is 0 Å². The minimum Gasteiger partial charge on any atom is -0.369 e. The zero-order valence-corrected chi connectivity index (χ0v) is 17.9. The van der Waals surface area contributed by atoms with Crippen LogP contribution in [0.25, 0.3) is 0 Å². The quantitative estimate of drug-likeness (QED) is 0.677. The summed E-state index contributed by atoms with van der Waals surface area (Å²) in [5.41, 5.74) is 2.04. The lowest BCUT2D eigenvalue weighted by atomic mass is 10.1. The standard InChI is InChI=1S/C21H30N6OS/c1-2-26-11-13-27(14-12-26)18-9-7-17(8-10-18)22-19(28)15-29-21-23-20(24-25-21)16-5-3-4-6-16/h7-10,16H,2-6,11-15H2,1H3,(H,22,28)(H,23,24,25). The smallest absolute Gasteiger partial charge is 0.234 e. The van der Waals surface area contributed by atoms with Crippen molar-refractivity contribution in [1.29, 1.82) is 0 Å². The molecule has 0 atom stereocenters. The molecule has 29 heavy (non-hydrogen) atoms. The Morgan fingerprint density at radius 2 is 1.90 bits per heavy atom. The lowest BCUT2D eigenvalue weighted by Crippen LogP contribution is -2.46. The van der Waals surface area contributed by atoms with Crippen molar-refractivity contribution >= 4 is 29.0 Å². The van der Waals surface area contributed by atoms with Crippen LogP contribution in [-0.4, -0.2) is 64.5 Å². The number of hydrogen-bond donors (Lipinski definition) is 2. The third-order valence-corrected chi connectivity index (χ3v) is 6.74. The van der Waals surface area contributed by atoms with Crippen molar-refractivity contribution in [3.63, 3.8) is 0 Å². The third kappa shape index (κ3) is 5.30.